The first-order valence-corrected chi connectivity index (χ1v) is 8.62. The fourth-order valence-corrected chi connectivity index (χ4v) is 4.32. The van der Waals surface area contributed by atoms with Gasteiger partial charge in [-0.1, -0.05) is 33.1 Å². The van der Waals surface area contributed by atoms with E-state index in [1.807, 2.05) is 0 Å². The molecular formula is C17H34N2. The van der Waals surface area contributed by atoms with Gasteiger partial charge in [-0.2, -0.15) is 0 Å². The van der Waals surface area contributed by atoms with E-state index >= 15 is 0 Å². The third kappa shape index (κ3) is 3.72. The van der Waals surface area contributed by atoms with Gasteiger partial charge in [0.2, 0.25) is 0 Å². The number of piperidine rings is 1. The van der Waals surface area contributed by atoms with Gasteiger partial charge < -0.3 is 10.2 Å². The molecule has 1 heterocycles. The number of rotatable bonds is 6. The Balaban J connectivity index is 1.71. The van der Waals surface area contributed by atoms with E-state index in [0.29, 0.717) is 5.41 Å². The molecule has 0 radical (unpaired) electrons. The van der Waals surface area contributed by atoms with Gasteiger partial charge in [-0.3, -0.25) is 0 Å². The molecule has 2 nitrogen and oxygen atoms in total. The SMILES string of the molecule is CCC1(CC)CCN(CCC2CCCC2NC)CC1. The van der Waals surface area contributed by atoms with Crippen LogP contribution in [0.15, 0.2) is 0 Å². The molecular weight excluding hydrogens is 232 g/mol. The van der Waals surface area contributed by atoms with Crippen LogP contribution < -0.4 is 5.32 Å². The Morgan fingerprint density at radius 1 is 1.11 bits per heavy atom. The second-order valence-electron chi connectivity index (χ2n) is 6.92. The Kier molecular flexibility index (Phi) is 5.70. The summed E-state index contributed by atoms with van der Waals surface area (Å²) in [6.07, 6.45) is 11.3. The molecule has 0 bridgehead atoms. The van der Waals surface area contributed by atoms with Crippen molar-refractivity contribution in [3.8, 4) is 0 Å². The maximum atomic E-state index is 3.51. The number of nitrogens with zero attached hydrogens (tertiary/aromatic N) is 1. The highest BCUT2D eigenvalue weighted by molar-refractivity contribution is 4.86. The minimum Gasteiger partial charge on any atom is -0.317 e. The number of hydrogen-bond donors (Lipinski definition) is 1. The summed E-state index contributed by atoms with van der Waals surface area (Å²) in [7, 11) is 2.14. The van der Waals surface area contributed by atoms with Crippen molar-refractivity contribution in [1.82, 2.24) is 10.2 Å². The van der Waals surface area contributed by atoms with Gasteiger partial charge in [-0.15, -0.1) is 0 Å². The molecule has 1 aliphatic carbocycles. The van der Waals surface area contributed by atoms with Gasteiger partial charge in [0.05, 0.1) is 0 Å². The van der Waals surface area contributed by atoms with Crippen LogP contribution in [0.4, 0.5) is 0 Å². The first kappa shape index (κ1) is 15.3. The van der Waals surface area contributed by atoms with Crippen LogP contribution in [0.3, 0.4) is 0 Å². The lowest BCUT2D eigenvalue weighted by atomic mass is 9.74. The van der Waals surface area contributed by atoms with Crippen molar-refractivity contribution >= 4 is 0 Å². The van der Waals surface area contributed by atoms with E-state index in [-0.39, 0.29) is 0 Å². The predicted octanol–water partition coefficient (Wildman–Crippen LogP) is 3.67. The van der Waals surface area contributed by atoms with Crippen molar-refractivity contribution in [3.63, 3.8) is 0 Å². The maximum absolute atomic E-state index is 3.51. The minimum absolute atomic E-state index is 0.678. The number of likely N-dealkylation sites (tertiary alicyclic amines) is 1. The van der Waals surface area contributed by atoms with E-state index in [1.165, 1.54) is 71.0 Å². The molecule has 1 aliphatic heterocycles. The zero-order valence-corrected chi connectivity index (χ0v) is 13.4. The summed E-state index contributed by atoms with van der Waals surface area (Å²) in [5.41, 5.74) is 0.678. The first-order valence-electron chi connectivity index (χ1n) is 8.62. The summed E-state index contributed by atoms with van der Waals surface area (Å²) in [6, 6.07) is 0.801. The highest BCUT2D eigenvalue weighted by atomic mass is 15.1. The zero-order chi connectivity index (χ0) is 13.7. The molecule has 0 amide bonds. The normalized spacial score (nSPS) is 31.7. The molecule has 2 unspecified atom stereocenters. The summed E-state index contributed by atoms with van der Waals surface area (Å²) in [5.74, 6) is 0.939. The Labute approximate surface area is 120 Å². The van der Waals surface area contributed by atoms with E-state index in [2.05, 4.69) is 31.1 Å². The first-order chi connectivity index (χ1) is 9.23. The molecule has 1 N–H and O–H groups in total. The Hall–Kier alpha value is -0.0800. The van der Waals surface area contributed by atoms with E-state index < -0.39 is 0 Å². The fourth-order valence-electron chi connectivity index (χ4n) is 4.32. The third-order valence-corrected chi connectivity index (χ3v) is 6.26. The van der Waals surface area contributed by atoms with E-state index in [1.54, 1.807) is 0 Å². The monoisotopic (exact) mass is 266 g/mol. The largest absolute Gasteiger partial charge is 0.317 e. The molecule has 2 atom stereocenters. The Morgan fingerprint density at radius 3 is 2.37 bits per heavy atom. The quantitative estimate of drug-likeness (QED) is 0.789. The van der Waals surface area contributed by atoms with Gasteiger partial charge in [0.25, 0.3) is 0 Å². The molecule has 0 aromatic carbocycles. The van der Waals surface area contributed by atoms with Crippen molar-refractivity contribution in [1.29, 1.82) is 0 Å². The molecule has 2 fully saturated rings. The highest BCUT2D eigenvalue weighted by Gasteiger charge is 2.32. The van der Waals surface area contributed by atoms with Crippen molar-refractivity contribution < 1.29 is 0 Å². The second kappa shape index (κ2) is 7.08. The van der Waals surface area contributed by atoms with Crippen LogP contribution in [-0.4, -0.2) is 37.6 Å². The predicted molar refractivity (Wildman–Crippen MR) is 83.5 cm³/mol. The van der Waals surface area contributed by atoms with E-state index in [0.717, 1.165) is 12.0 Å². The number of nitrogens with one attached hydrogen (secondary N) is 1. The maximum Gasteiger partial charge on any atom is 0.00928 e. The van der Waals surface area contributed by atoms with Crippen LogP contribution >= 0.6 is 0 Å². The van der Waals surface area contributed by atoms with Gasteiger partial charge in [0, 0.05) is 6.04 Å². The average Bonchev–Trinajstić information content (AvgIpc) is 2.93. The molecule has 0 aromatic rings. The summed E-state index contributed by atoms with van der Waals surface area (Å²) in [4.78, 5) is 2.73. The van der Waals surface area contributed by atoms with Crippen LogP contribution in [0.1, 0.15) is 65.2 Å². The smallest absolute Gasteiger partial charge is 0.00928 e. The summed E-state index contributed by atoms with van der Waals surface area (Å²) in [6.45, 7) is 8.80. The summed E-state index contributed by atoms with van der Waals surface area (Å²) >= 11 is 0. The summed E-state index contributed by atoms with van der Waals surface area (Å²) < 4.78 is 0. The van der Waals surface area contributed by atoms with Crippen molar-refractivity contribution in [2.45, 2.75) is 71.3 Å². The van der Waals surface area contributed by atoms with Gasteiger partial charge in [0.15, 0.2) is 0 Å². The van der Waals surface area contributed by atoms with Crippen LogP contribution in [0.25, 0.3) is 0 Å². The van der Waals surface area contributed by atoms with Gasteiger partial charge in [-0.05, 0) is 70.1 Å². The molecule has 2 heteroatoms. The third-order valence-electron chi connectivity index (χ3n) is 6.26. The molecule has 2 rings (SSSR count). The van der Waals surface area contributed by atoms with E-state index in [4.69, 9.17) is 0 Å². The molecule has 1 saturated heterocycles. The van der Waals surface area contributed by atoms with Crippen LogP contribution in [0.2, 0.25) is 0 Å². The van der Waals surface area contributed by atoms with Crippen LogP contribution in [0, 0.1) is 11.3 Å². The number of hydrogen-bond acceptors (Lipinski definition) is 2. The zero-order valence-electron chi connectivity index (χ0n) is 13.4. The van der Waals surface area contributed by atoms with Gasteiger partial charge >= 0.3 is 0 Å². The Morgan fingerprint density at radius 2 is 1.79 bits per heavy atom. The molecule has 19 heavy (non-hydrogen) atoms. The lowest BCUT2D eigenvalue weighted by Gasteiger charge is -2.41. The average molecular weight is 266 g/mol. The van der Waals surface area contributed by atoms with Gasteiger partial charge in [0.1, 0.15) is 0 Å². The molecule has 0 aromatic heterocycles. The van der Waals surface area contributed by atoms with Crippen molar-refractivity contribution in [3.05, 3.63) is 0 Å². The van der Waals surface area contributed by atoms with Crippen LogP contribution in [-0.2, 0) is 0 Å². The standard InChI is InChI=1S/C17H34N2/c1-4-17(5-2)10-13-19(14-11-17)12-9-15-7-6-8-16(15)18-3/h15-16,18H,4-14H2,1-3H3. The Bertz CT molecular complexity index is 250. The van der Waals surface area contributed by atoms with Gasteiger partial charge in [-0.25, -0.2) is 0 Å². The molecule has 112 valence electrons. The summed E-state index contributed by atoms with van der Waals surface area (Å²) in [5, 5.41) is 3.51. The lowest BCUT2D eigenvalue weighted by Crippen LogP contribution is -2.41. The van der Waals surface area contributed by atoms with Crippen molar-refractivity contribution in [2.24, 2.45) is 11.3 Å². The second-order valence-corrected chi connectivity index (χ2v) is 6.92. The molecule has 2 aliphatic rings. The highest BCUT2D eigenvalue weighted by Crippen LogP contribution is 2.38. The van der Waals surface area contributed by atoms with Crippen LogP contribution in [0.5, 0.6) is 0 Å². The van der Waals surface area contributed by atoms with Crippen molar-refractivity contribution in [2.75, 3.05) is 26.7 Å². The molecule has 0 spiro atoms. The molecule has 1 saturated carbocycles. The van der Waals surface area contributed by atoms with E-state index in [9.17, 15) is 0 Å². The lowest BCUT2D eigenvalue weighted by molar-refractivity contribution is 0.0906. The minimum atomic E-state index is 0.678. The fraction of sp³-hybridized carbons (Fsp3) is 1.00. The topological polar surface area (TPSA) is 15.3 Å².